The first-order valence-electron chi connectivity index (χ1n) is 5.47. The van der Waals surface area contributed by atoms with Gasteiger partial charge in [0.05, 0.1) is 16.7 Å². The summed E-state index contributed by atoms with van der Waals surface area (Å²) in [4.78, 5) is 3.10. The van der Waals surface area contributed by atoms with Gasteiger partial charge in [0.2, 0.25) is 0 Å². The fourth-order valence-electron chi connectivity index (χ4n) is 1.72. The van der Waals surface area contributed by atoms with Gasteiger partial charge < -0.3 is 5.53 Å². The van der Waals surface area contributed by atoms with Gasteiger partial charge in [0.15, 0.2) is 0 Å². The molecule has 0 N–H and O–H groups in total. The molecule has 0 atom stereocenters. The van der Waals surface area contributed by atoms with E-state index in [1.54, 1.807) is 30.3 Å². The maximum Gasteiger partial charge on any atom is 0.416 e. The number of alkyl halides is 3. The van der Waals surface area contributed by atoms with E-state index in [1.165, 1.54) is 12.1 Å². The van der Waals surface area contributed by atoms with Crippen LogP contribution in [0.1, 0.15) is 16.7 Å². The predicted octanol–water partition coefficient (Wildman–Crippen LogP) is 3.77. The van der Waals surface area contributed by atoms with Crippen molar-refractivity contribution in [2.24, 2.45) is 0 Å². The van der Waals surface area contributed by atoms with Crippen molar-refractivity contribution in [3.63, 3.8) is 0 Å². The van der Waals surface area contributed by atoms with Gasteiger partial charge in [-0.3, -0.25) is 0 Å². The fraction of sp³-hybridized carbons (Fsp3) is 0.0714. The quantitative estimate of drug-likeness (QED) is 0.449. The number of benzene rings is 2. The third-order valence-electron chi connectivity index (χ3n) is 2.61. The van der Waals surface area contributed by atoms with Gasteiger partial charge >= 0.3 is 11.9 Å². The zero-order valence-electron chi connectivity index (χ0n) is 9.72. The summed E-state index contributed by atoms with van der Waals surface area (Å²) >= 11 is 0. The van der Waals surface area contributed by atoms with Crippen LogP contribution in [0.3, 0.4) is 0 Å². The van der Waals surface area contributed by atoms with E-state index in [9.17, 15) is 13.2 Å². The molecular formula is C14H9F3N2. The van der Waals surface area contributed by atoms with Gasteiger partial charge in [-0.25, -0.2) is 0 Å². The highest BCUT2D eigenvalue weighted by Crippen LogP contribution is 2.29. The van der Waals surface area contributed by atoms with Crippen LogP contribution in [0.15, 0.2) is 54.6 Å². The lowest BCUT2D eigenvalue weighted by Crippen LogP contribution is -2.09. The van der Waals surface area contributed by atoms with Gasteiger partial charge in [-0.1, -0.05) is 24.3 Å². The Labute approximate surface area is 107 Å². The highest BCUT2D eigenvalue weighted by molar-refractivity contribution is 6.09. The van der Waals surface area contributed by atoms with E-state index in [0.29, 0.717) is 5.56 Å². The topological polar surface area (TPSA) is 36.4 Å². The molecule has 0 aliphatic carbocycles. The fourth-order valence-corrected chi connectivity index (χ4v) is 1.72. The summed E-state index contributed by atoms with van der Waals surface area (Å²) in [6.07, 6.45) is -4.42. The molecule has 0 amide bonds. The molecular weight excluding hydrogens is 253 g/mol. The molecule has 5 heteroatoms. The molecule has 0 fully saturated rings. The largest absolute Gasteiger partial charge is 0.416 e. The van der Waals surface area contributed by atoms with Crippen LogP contribution < -0.4 is 0 Å². The number of hydrogen-bond donors (Lipinski definition) is 0. The lowest BCUT2D eigenvalue weighted by Gasteiger charge is -2.06. The minimum Gasteiger partial charge on any atom is -0.361 e. The molecule has 2 nitrogen and oxygen atoms in total. The zero-order valence-corrected chi connectivity index (χ0v) is 9.72. The Kier molecular flexibility index (Phi) is 3.49. The molecule has 0 bridgehead atoms. The van der Waals surface area contributed by atoms with Crippen molar-refractivity contribution in [1.82, 2.24) is 0 Å². The van der Waals surface area contributed by atoms with Crippen LogP contribution in [0.25, 0.3) is 5.53 Å². The third-order valence-corrected chi connectivity index (χ3v) is 2.61. The van der Waals surface area contributed by atoms with Gasteiger partial charge in [0.25, 0.3) is 0 Å². The van der Waals surface area contributed by atoms with E-state index in [1.807, 2.05) is 0 Å². The molecule has 0 unspecified atom stereocenters. The second-order valence-corrected chi connectivity index (χ2v) is 3.89. The summed E-state index contributed by atoms with van der Waals surface area (Å²) in [5, 5.41) is 0. The summed E-state index contributed by atoms with van der Waals surface area (Å²) in [6, 6.07) is 13.2. The molecule has 0 aliphatic heterocycles. The molecule has 0 radical (unpaired) electrons. The van der Waals surface area contributed by atoms with Crippen molar-refractivity contribution < 1.29 is 18.0 Å². The van der Waals surface area contributed by atoms with Crippen molar-refractivity contribution >= 4 is 5.71 Å². The second kappa shape index (κ2) is 5.08. The predicted molar refractivity (Wildman–Crippen MR) is 64.7 cm³/mol. The first kappa shape index (κ1) is 13.1. The minimum absolute atomic E-state index is 0.103. The molecule has 2 aromatic carbocycles. The van der Waals surface area contributed by atoms with Crippen molar-refractivity contribution in [3.05, 3.63) is 76.8 Å². The highest BCUT2D eigenvalue weighted by Gasteiger charge is 2.31. The van der Waals surface area contributed by atoms with E-state index in [2.05, 4.69) is 4.79 Å². The SMILES string of the molecule is [N-]=[N+]=C(c1ccccc1)c1cccc(C(F)(F)F)c1. The first-order valence-corrected chi connectivity index (χ1v) is 5.47. The summed E-state index contributed by atoms with van der Waals surface area (Å²) in [5.74, 6) is 0. The number of rotatable bonds is 2. The molecule has 0 aliphatic rings. The smallest absolute Gasteiger partial charge is 0.361 e. The molecule has 0 saturated carbocycles. The molecule has 2 rings (SSSR count). The number of nitrogens with zero attached hydrogens (tertiary/aromatic N) is 2. The zero-order chi connectivity index (χ0) is 13.9. The summed E-state index contributed by atoms with van der Waals surface area (Å²) in [7, 11) is 0. The van der Waals surface area contributed by atoms with Crippen LogP contribution in [0, 0.1) is 0 Å². The van der Waals surface area contributed by atoms with E-state index in [-0.39, 0.29) is 11.3 Å². The van der Waals surface area contributed by atoms with Crippen molar-refractivity contribution in [3.8, 4) is 0 Å². The van der Waals surface area contributed by atoms with Gasteiger partial charge in [-0.05, 0) is 30.3 Å². The monoisotopic (exact) mass is 262 g/mol. The Hall–Kier alpha value is -2.39. The maximum atomic E-state index is 12.6. The molecule has 0 spiro atoms. The Balaban J connectivity index is 2.50. The van der Waals surface area contributed by atoms with Crippen LogP contribution in [0.2, 0.25) is 0 Å². The Morgan fingerprint density at radius 1 is 0.895 bits per heavy atom. The van der Waals surface area contributed by atoms with E-state index in [0.717, 1.165) is 12.1 Å². The van der Waals surface area contributed by atoms with Gasteiger partial charge in [0, 0.05) is 0 Å². The molecule has 0 heterocycles. The standard InChI is InChI=1S/C14H9F3N2/c15-14(16,17)12-8-4-7-11(9-12)13(19-18)10-5-2-1-3-6-10/h1-9H. The van der Waals surface area contributed by atoms with Crippen molar-refractivity contribution in [2.75, 3.05) is 0 Å². The van der Waals surface area contributed by atoms with Crippen molar-refractivity contribution in [1.29, 1.82) is 0 Å². The lowest BCUT2D eigenvalue weighted by atomic mass is 10.0. The maximum absolute atomic E-state index is 12.6. The molecule has 0 saturated heterocycles. The lowest BCUT2D eigenvalue weighted by molar-refractivity contribution is -0.137. The summed E-state index contributed by atoms with van der Waals surface area (Å²) < 4.78 is 37.9. The number of halogens is 3. The summed E-state index contributed by atoms with van der Waals surface area (Å²) in [5.41, 5.74) is 9.12. The molecule has 96 valence electrons. The van der Waals surface area contributed by atoms with Gasteiger partial charge in [-0.2, -0.15) is 18.0 Å². The van der Waals surface area contributed by atoms with Gasteiger partial charge in [-0.15, -0.1) is 0 Å². The van der Waals surface area contributed by atoms with Crippen LogP contribution >= 0.6 is 0 Å². The molecule has 0 aromatic heterocycles. The van der Waals surface area contributed by atoms with E-state index >= 15 is 0 Å². The van der Waals surface area contributed by atoms with Crippen LogP contribution in [-0.2, 0) is 6.18 Å². The summed E-state index contributed by atoms with van der Waals surface area (Å²) in [6.45, 7) is 0. The normalized spacial score (nSPS) is 10.9. The second-order valence-electron chi connectivity index (χ2n) is 3.89. The Bertz CT molecular complexity index is 627. The Morgan fingerprint density at radius 2 is 1.53 bits per heavy atom. The van der Waals surface area contributed by atoms with Crippen molar-refractivity contribution in [2.45, 2.75) is 6.18 Å². The van der Waals surface area contributed by atoms with Gasteiger partial charge in [0.1, 0.15) is 0 Å². The third kappa shape index (κ3) is 2.89. The van der Waals surface area contributed by atoms with E-state index < -0.39 is 11.7 Å². The molecule has 19 heavy (non-hydrogen) atoms. The minimum atomic E-state index is -4.42. The highest BCUT2D eigenvalue weighted by atomic mass is 19.4. The Morgan fingerprint density at radius 3 is 2.11 bits per heavy atom. The average Bonchev–Trinajstić information content (AvgIpc) is 2.40. The van der Waals surface area contributed by atoms with Crippen LogP contribution in [0.4, 0.5) is 13.2 Å². The average molecular weight is 262 g/mol. The van der Waals surface area contributed by atoms with Crippen LogP contribution in [-0.4, -0.2) is 10.5 Å². The first-order chi connectivity index (χ1) is 9.02. The molecule has 2 aromatic rings. The van der Waals surface area contributed by atoms with E-state index in [4.69, 9.17) is 5.53 Å². The van der Waals surface area contributed by atoms with Crippen LogP contribution in [0.5, 0.6) is 0 Å². The number of hydrogen-bond acceptors (Lipinski definition) is 0.